The zero-order valence-electron chi connectivity index (χ0n) is 20.9. The van der Waals surface area contributed by atoms with E-state index in [9.17, 15) is 26.4 Å². The maximum absolute atomic E-state index is 13.4. The predicted octanol–water partition coefficient (Wildman–Crippen LogP) is 4.09. The van der Waals surface area contributed by atoms with Crippen LogP contribution in [0.25, 0.3) is 0 Å². The Balaban J connectivity index is 1.71. The van der Waals surface area contributed by atoms with Crippen LogP contribution in [0.5, 0.6) is 0 Å². The molecule has 1 aromatic heterocycles. The van der Waals surface area contributed by atoms with Crippen LogP contribution in [0.1, 0.15) is 32.3 Å². The van der Waals surface area contributed by atoms with Gasteiger partial charge in [0.1, 0.15) is 16.8 Å². The van der Waals surface area contributed by atoms with Gasteiger partial charge in [0.15, 0.2) is 0 Å². The van der Waals surface area contributed by atoms with E-state index in [1.807, 2.05) is 0 Å². The van der Waals surface area contributed by atoms with E-state index in [-0.39, 0.29) is 24.4 Å². The first kappa shape index (κ1) is 29.6. The van der Waals surface area contributed by atoms with Gasteiger partial charge in [-0.2, -0.15) is 17.5 Å². The number of alkyl halides is 3. The molecule has 2 aromatic rings. The molecule has 1 aliphatic heterocycles. The highest BCUT2D eigenvalue weighted by atomic mass is 35.5. The zero-order valence-corrected chi connectivity index (χ0v) is 22.5. The van der Waals surface area contributed by atoms with E-state index >= 15 is 0 Å². The Morgan fingerprint density at radius 3 is 2.53 bits per heavy atom. The smallest absolute Gasteiger partial charge is 0.357 e. The van der Waals surface area contributed by atoms with Crippen molar-refractivity contribution in [3.05, 3.63) is 71.5 Å². The number of sulfonamides is 1. The third-order valence-electron chi connectivity index (χ3n) is 5.90. The minimum Gasteiger partial charge on any atom is -0.357 e. The number of amides is 1. The highest BCUT2D eigenvalue weighted by Crippen LogP contribution is 2.25. The molecule has 3 rings (SSSR count). The molecule has 0 saturated carbocycles. The average Bonchev–Trinajstić information content (AvgIpc) is 3.17. The molecular formula is C25H29ClF3N5O3S. The third kappa shape index (κ3) is 7.78. The summed E-state index contributed by atoms with van der Waals surface area (Å²) >= 11 is 5.96. The molecule has 2 heterocycles. The summed E-state index contributed by atoms with van der Waals surface area (Å²) in [5, 5.41) is 5.75. The van der Waals surface area contributed by atoms with E-state index in [2.05, 4.69) is 27.2 Å². The second-order valence-electron chi connectivity index (χ2n) is 9.35. The van der Waals surface area contributed by atoms with Crippen LogP contribution in [0.15, 0.2) is 70.8 Å². The fourth-order valence-corrected chi connectivity index (χ4v) is 5.32. The van der Waals surface area contributed by atoms with Gasteiger partial charge >= 0.3 is 6.18 Å². The van der Waals surface area contributed by atoms with Crippen LogP contribution in [0, 0.1) is 0 Å². The number of nitrogens with one attached hydrogen (secondary N) is 2. The van der Waals surface area contributed by atoms with Crippen molar-refractivity contribution in [2.45, 2.75) is 55.9 Å². The summed E-state index contributed by atoms with van der Waals surface area (Å²) in [5.41, 5.74) is 0.220. The molecule has 38 heavy (non-hydrogen) atoms. The second-order valence-corrected chi connectivity index (χ2v) is 11.7. The molecule has 1 atom stereocenters. The Morgan fingerprint density at radius 1 is 1.24 bits per heavy atom. The molecule has 0 unspecified atom stereocenters. The summed E-state index contributed by atoms with van der Waals surface area (Å²) in [5.74, 6) is -0.314. The van der Waals surface area contributed by atoms with Crippen LogP contribution in [0.2, 0.25) is 5.02 Å². The van der Waals surface area contributed by atoms with Crippen molar-refractivity contribution in [3.63, 3.8) is 0 Å². The first-order valence-electron chi connectivity index (χ1n) is 11.7. The van der Waals surface area contributed by atoms with Crippen molar-refractivity contribution in [2.75, 3.05) is 13.1 Å². The van der Waals surface area contributed by atoms with Crippen molar-refractivity contribution >= 4 is 33.4 Å². The van der Waals surface area contributed by atoms with Crippen molar-refractivity contribution in [1.82, 2.24) is 19.9 Å². The van der Waals surface area contributed by atoms with Gasteiger partial charge in [-0.05, 0) is 55.7 Å². The van der Waals surface area contributed by atoms with Gasteiger partial charge in [0, 0.05) is 37.1 Å². The summed E-state index contributed by atoms with van der Waals surface area (Å²) in [6.07, 6.45) is -2.59. The molecule has 0 bridgehead atoms. The second kappa shape index (κ2) is 11.8. The van der Waals surface area contributed by atoms with Gasteiger partial charge in [-0.3, -0.25) is 14.8 Å². The van der Waals surface area contributed by atoms with Crippen molar-refractivity contribution in [2.24, 2.45) is 4.99 Å². The van der Waals surface area contributed by atoms with Crippen LogP contribution < -0.4 is 10.6 Å². The molecule has 0 aliphatic carbocycles. The van der Waals surface area contributed by atoms with Crippen LogP contribution in [0.4, 0.5) is 13.2 Å². The minimum atomic E-state index is -4.38. The molecule has 206 valence electrons. The predicted molar refractivity (Wildman–Crippen MR) is 139 cm³/mol. The Bertz CT molecular complexity index is 1280. The van der Waals surface area contributed by atoms with E-state index < -0.39 is 46.7 Å². The molecule has 0 radical (unpaired) electrons. The summed E-state index contributed by atoms with van der Waals surface area (Å²) in [6, 6.07) is 8.89. The Kier molecular flexibility index (Phi) is 9.21. The Hall–Kier alpha value is -2.96. The Morgan fingerprint density at radius 2 is 1.92 bits per heavy atom. The lowest BCUT2D eigenvalue weighted by Gasteiger charge is -2.24. The Labute approximate surface area is 225 Å². The normalized spacial score (nSPS) is 17.1. The van der Waals surface area contributed by atoms with E-state index in [1.165, 1.54) is 28.8 Å². The number of rotatable bonds is 11. The van der Waals surface area contributed by atoms with Crippen molar-refractivity contribution in [1.29, 1.82) is 0 Å². The number of benzene rings is 1. The quantitative estimate of drug-likeness (QED) is 0.423. The van der Waals surface area contributed by atoms with Gasteiger partial charge in [0.05, 0.1) is 12.0 Å². The third-order valence-corrected chi connectivity index (χ3v) is 7.98. The fraction of sp³-hybridized carbons (Fsp3) is 0.400. The highest BCUT2D eigenvalue weighted by molar-refractivity contribution is 7.89. The van der Waals surface area contributed by atoms with Gasteiger partial charge < -0.3 is 10.6 Å². The maximum Gasteiger partial charge on any atom is 0.390 e. The van der Waals surface area contributed by atoms with Gasteiger partial charge in [0.2, 0.25) is 15.9 Å². The number of halogens is 4. The lowest BCUT2D eigenvalue weighted by Crippen LogP contribution is -2.52. The summed E-state index contributed by atoms with van der Waals surface area (Å²) < 4.78 is 65.4. The van der Waals surface area contributed by atoms with Crippen LogP contribution in [-0.2, 0) is 21.4 Å². The minimum absolute atomic E-state index is 0.0348. The number of pyridine rings is 1. The molecule has 0 spiro atoms. The molecule has 1 amide bonds. The summed E-state index contributed by atoms with van der Waals surface area (Å²) in [6.45, 7) is 6.93. The molecule has 8 nitrogen and oxygen atoms in total. The molecule has 1 aromatic carbocycles. The van der Waals surface area contributed by atoms with E-state index in [0.29, 0.717) is 16.4 Å². The zero-order chi connectivity index (χ0) is 28.1. The van der Waals surface area contributed by atoms with E-state index in [4.69, 9.17) is 11.6 Å². The molecule has 2 N–H and O–H groups in total. The lowest BCUT2D eigenvalue weighted by molar-refractivity contribution is -0.136. The van der Waals surface area contributed by atoms with Gasteiger partial charge in [-0.1, -0.05) is 30.3 Å². The number of aliphatic imine (C=N–C) groups is 1. The van der Waals surface area contributed by atoms with Crippen LogP contribution in [-0.4, -0.2) is 60.3 Å². The molecular weight excluding hydrogens is 543 g/mol. The molecule has 0 saturated heterocycles. The highest BCUT2D eigenvalue weighted by Gasteiger charge is 2.41. The number of hydrogen-bond acceptors (Lipinski definition) is 6. The number of amidine groups is 1. The number of hydrogen-bond donors (Lipinski definition) is 2. The van der Waals surface area contributed by atoms with Gasteiger partial charge in [-0.15, -0.1) is 0 Å². The monoisotopic (exact) mass is 571 g/mol. The van der Waals surface area contributed by atoms with Gasteiger partial charge in [-0.25, -0.2) is 8.42 Å². The molecule has 13 heteroatoms. The number of aromatic nitrogens is 1. The topological polar surface area (TPSA) is 104 Å². The SMILES string of the molecule is C=C(CCN(Cc1ccc(Cl)cc1)S(=O)(=O)c1cccnc1)C1=NC(C)(C)[C@H](C(=O)NCCC(F)(F)F)N1. The number of carbonyl (C=O) groups is 1. The first-order chi connectivity index (χ1) is 17.7. The average molecular weight is 572 g/mol. The molecule has 0 fully saturated rings. The van der Waals surface area contributed by atoms with E-state index in [0.717, 1.165) is 5.56 Å². The largest absolute Gasteiger partial charge is 0.390 e. The number of carbonyl (C=O) groups excluding carboxylic acids is 1. The maximum atomic E-state index is 13.4. The summed E-state index contributed by atoms with van der Waals surface area (Å²) in [7, 11) is -3.92. The number of nitrogens with zero attached hydrogens (tertiary/aromatic N) is 3. The lowest BCUT2D eigenvalue weighted by atomic mass is 9.96. The summed E-state index contributed by atoms with van der Waals surface area (Å²) in [4.78, 5) is 21.0. The fourth-order valence-electron chi connectivity index (χ4n) is 3.80. The van der Waals surface area contributed by atoms with Gasteiger partial charge in [0.25, 0.3) is 0 Å². The molecule has 1 aliphatic rings. The van der Waals surface area contributed by atoms with Crippen molar-refractivity contribution < 1.29 is 26.4 Å². The van der Waals surface area contributed by atoms with Crippen molar-refractivity contribution in [3.8, 4) is 0 Å². The standard InChI is InChI=1S/C25H29ClF3N5O3S/c1-17(22-32-21(24(2,3)33-22)23(35)31-13-11-25(27,28)29)10-14-34(16-18-6-8-19(26)9-7-18)38(36,37)20-5-4-12-30-15-20/h4-9,12,15,21H,1,10-11,13-14,16H2,2-3H3,(H,31,35)(H,32,33)/t21-/m0/s1. The van der Waals surface area contributed by atoms with Crippen LogP contribution in [0.3, 0.4) is 0 Å². The van der Waals surface area contributed by atoms with E-state index in [1.54, 1.807) is 38.1 Å². The van der Waals surface area contributed by atoms with Crippen LogP contribution >= 0.6 is 11.6 Å². The first-order valence-corrected chi connectivity index (χ1v) is 13.5.